The topological polar surface area (TPSA) is 85.9 Å². The lowest BCUT2D eigenvalue weighted by Crippen LogP contribution is -2.43. The number of amides is 2. The maximum Gasteiger partial charge on any atom is 0.276 e. The van der Waals surface area contributed by atoms with Gasteiger partial charge in [0.05, 0.1) is 0 Å². The highest BCUT2D eigenvalue weighted by atomic mass is 16.5. The molecular formula is C25H26N2O5. The van der Waals surface area contributed by atoms with Crippen LogP contribution in [0.5, 0.6) is 17.2 Å². The van der Waals surface area contributed by atoms with E-state index >= 15 is 0 Å². The van der Waals surface area contributed by atoms with E-state index in [4.69, 9.17) is 14.2 Å². The lowest BCUT2D eigenvalue weighted by atomic mass is 10.2. The zero-order valence-electron chi connectivity index (χ0n) is 17.9. The van der Waals surface area contributed by atoms with Crippen molar-refractivity contribution in [2.45, 2.75) is 13.3 Å². The van der Waals surface area contributed by atoms with Gasteiger partial charge in [-0.15, -0.1) is 0 Å². The van der Waals surface area contributed by atoms with E-state index in [1.54, 1.807) is 24.3 Å². The van der Waals surface area contributed by atoms with Crippen molar-refractivity contribution in [3.05, 3.63) is 90.0 Å². The average Bonchev–Trinajstić information content (AvgIpc) is 2.85. The first-order chi connectivity index (χ1) is 15.6. The number of hydrogen-bond donors (Lipinski definition) is 2. The van der Waals surface area contributed by atoms with Gasteiger partial charge in [0.2, 0.25) is 0 Å². The highest BCUT2D eigenvalue weighted by Gasteiger charge is 2.08. The number of aryl methyl sites for hydroxylation is 1. The van der Waals surface area contributed by atoms with Crippen LogP contribution in [0.1, 0.15) is 22.8 Å². The summed E-state index contributed by atoms with van der Waals surface area (Å²) in [6.45, 7) is 2.64. The lowest BCUT2D eigenvalue weighted by molar-refractivity contribution is -0.123. The van der Waals surface area contributed by atoms with Gasteiger partial charge in [-0.05, 0) is 60.5 Å². The van der Waals surface area contributed by atoms with Crippen molar-refractivity contribution in [3.8, 4) is 17.2 Å². The predicted molar refractivity (Wildman–Crippen MR) is 121 cm³/mol. The summed E-state index contributed by atoms with van der Waals surface area (Å²) in [5.41, 5.74) is 6.27. The summed E-state index contributed by atoms with van der Waals surface area (Å²) >= 11 is 0. The van der Waals surface area contributed by atoms with Crippen molar-refractivity contribution in [1.29, 1.82) is 0 Å². The SMILES string of the molecule is CCc1ccc(OCC(=O)NNC(=O)c2ccc(OCCOc3ccccc3)cc2)cc1. The van der Waals surface area contributed by atoms with Gasteiger partial charge in [0.25, 0.3) is 11.8 Å². The van der Waals surface area contributed by atoms with Crippen molar-refractivity contribution >= 4 is 11.8 Å². The monoisotopic (exact) mass is 434 g/mol. The molecule has 0 aliphatic heterocycles. The Morgan fingerprint density at radius 1 is 0.688 bits per heavy atom. The zero-order chi connectivity index (χ0) is 22.6. The van der Waals surface area contributed by atoms with Gasteiger partial charge in [-0.1, -0.05) is 37.3 Å². The van der Waals surface area contributed by atoms with Crippen LogP contribution in [0.25, 0.3) is 0 Å². The number of nitrogens with one attached hydrogen (secondary N) is 2. The molecule has 0 spiro atoms. The molecule has 0 fully saturated rings. The smallest absolute Gasteiger partial charge is 0.276 e. The minimum atomic E-state index is -0.462. The Balaban J connectivity index is 1.35. The number of hydrogen-bond acceptors (Lipinski definition) is 5. The van der Waals surface area contributed by atoms with Gasteiger partial charge < -0.3 is 14.2 Å². The molecule has 2 N–H and O–H groups in total. The van der Waals surface area contributed by atoms with Crippen molar-refractivity contribution in [1.82, 2.24) is 10.9 Å². The Hall–Kier alpha value is -4.00. The van der Waals surface area contributed by atoms with Gasteiger partial charge >= 0.3 is 0 Å². The summed E-state index contributed by atoms with van der Waals surface area (Å²) in [4.78, 5) is 24.1. The van der Waals surface area contributed by atoms with Crippen LogP contribution in [-0.4, -0.2) is 31.6 Å². The first-order valence-corrected chi connectivity index (χ1v) is 10.4. The van der Waals surface area contributed by atoms with E-state index in [-0.39, 0.29) is 6.61 Å². The van der Waals surface area contributed by atoms with E-state index in [2.05, 4.69) is 17.8 Å². The van der Waals surface area contributed by atoms with Gasteiger partial charge in [-0.25, -0.2) is 0 Å². The molecule has 0 saturated carbocycles. The molecule has 32 heavy (non-hydrogen) atoms. The Bertz CT molecular complexity index is 989. The van der Waals surface area contributed by atoms with Crippen LogP contribution in [-0.2, 0) is 11.2 Å². The average molecular weight is 434 g/mol. The highest BCUT2D eigenvalue weighted by Crippen LogP contribution is 2.13. The van der Waals surface area contributed by atoms with Crippen LogP contribution in [0.15, 0.2) is 78.9 Å². The second-order valence-electron chi connectivity index (χ2n) is 6.82. The van der Waals surface area contributed by atoms with Crippen LogP contribution >= 0.6 is 0 Å². The number of benzene rings is 3. The maximum atomic E-state index is 12.2. The molecule has 0 aliphatic rings. The van der Waals surface area contributed by atoms with E-state index in [1.165, 1.54) is 5.56 Å². The maximum absolute atomic E-state index is 12.2. The molecule has 0 bridgehead atoms. The molecule has 3 aromatic rings. The van der Waals surface area contributed by atoms with Crippen LogP contribution < -0.4 is 25.1 Å². The van der Waals surface area contributed by atoms with E-state index in [0.29, 0.717) is 30.3 Å². The third-order valence-electron chi connectivity index (χ3n) is 4.50. The molecule has 0 unspecified atom stereocenters. The van der Waals surface area contributed by atoms with Crippen molar-refractivity contribution < 1.29 is 23.8 Å². The third kappa shape index (κ3) is 7.36. The number of carbonyl (C=O) groups excluding carboxylic acids is 2. The summed E-state index contributed by atoms with van der Waals surface area (Å²) in [6.07, 6.45) is 0.933. The molecule has 166 valence electrons. The predicted octanol–water partition coefficient (Wildman–Crippen LogP) is 3.55. The molecule has 7 heteroatoms. The summed E-state index contributed by atoms with van der Waals surface area (Å²) in [5, 5.41) is 0. The van der Waals surface area contributed by atoms with Crippen molar-refractivity contribution in [2.24, 2.45) is 0 Å². The fourth-order valence-corrected chi connectivity index (χ4v) is 2.74. The van der Waals surface area contributed by atoms with E-state index in [0.717, 1.165) is 12.2 Å². The second-order valence-corrected chi connectivity index (χ2v) is 6.82. The largest absolute Gasteiger partial charge is 0.490 e. The summed E-state index contributed by atoms with van der Waals surface area (Å²) in [6, 6.07) is 23.6. The minimum absolute atomic E-state index is 0.205. The van der Waals surface area contributed by atoms with Gasteiger partial charge in [0.1, 0.15) is 30.5 Å². The summed E-state index contributed by atoms with van der Waals surface area (Å²) in [7, 11) is 0. The molecule has 3 aromatic carbocycles. The third-order valence-corrected chi connectivity index (χ3v) is 4.50. The Kier molecular flexibility index (Phi) is 8.50. The molecule has 3 rings (SSSR count). The van der Waals surface area contributed by atoms with Crippen LogP contribution in [0.2, 0.25) is 0 Å². The number of ether oxygens (including phenoxy) is 3. The molecule has 7 nitrogen and oxygen atoms in total. The van der Waals surface area contributed by atoms with E-state index in [1.807, 2.05) is 54.6 Å². The first-order valence-electron chi connectivity index (χ1n) is 10.4. The van der Waals surface area contributed by atoms with Gasteiger partial charge in [-0.3, -0.25) is 20.4 Å². The van der Waals surface area contributed by atoms with Crippen LogP contribution in [0, 0.1) is 0 Å². The highest BCUT2D eigenvalue weighted by molar-refractivity contribution is 5.95. The van der Waals surface area contributed by atoms with Gasteiger partial charge in [-0.2, -0.15) is 0 Å². The lowest BCUT2D eigenvalue weighted by Gasteiger charge is -2.10. The number of rotatable bonds is 10. The quantitative estimate of drug-likeness (QED) is 0.377. The van der Waals surface area contributed by atoms with Crippen molar-refractivity contribution in [3.63, 3.8) is 0 Å². The summed E-state index contributed by atoms with van der Waals surface area (Å²) in [5.74, 6) is 1.09. The second kappa shape index (κ2) is 12.0. The fourth-order valence-electron chi connectivity index (χ4n) is 2.74. The normalized spacial score (nSPS) is 10.2. The first kappa shape index (κ1) is 22.7. The van der Waals surface area contributed by atoms with Crippen LogP contribution in [0.4, 0.5) is 0 Å². The Morgan fingerprint density at radius 3 is 1.88 bits per heavy atom. The molecule has 0 aromatic heterocycles. The Labute approximate surface area is 187 Å². The summed E-state index contributed by atoms with van der Waals surface area (Å²) < 4.78 is 16.6. The van der Waals surface area contributed by atoms with Gasteiger partial charge in [0.15, 0.2) is 6.61 Å². The Morgan fingerprint density at radius 2 is 1.25 bits per heavy atom. The molecule has 0 aliphatic carbocycles. The molecule has 0 atom stereocenters. The zero-order valence-corrected chi connectivity index (χ0v) is 17.9. The number of carbonyl (C=O) groups is 2. The van der Waals surface area contributed by atoms with Crippen LogP contribution in [0.3, 0.4) is 0 Å². The number of hydrazine groups is 1. The number of para-hydroxylation sites is 1. The van der Waals surface area contributed by atoms with Crippen molar-refractivity contribution in [2.75, 3.05) is 19.8 Å². The van der Waals surface area contributed by atoms with E-state index < -0.39 is 11.8 Å². The fraction of sp³-hybridized carbons (Fsp3) is 0.200. The minimum Gasteiger partial charge on any atom is -0.490 e. The standard InChI is InChI=1S/C25H26N2O5/c1-2-19-8-12-23(13-9-19)32-18-24(28)26-27-25(29)20-10-14-22(15-11-20)31-17-16-30-21-6-4-3-5-7-21/h3-15H,2,16-18H2,1H3,(H,26,28)(H,27,29). The molecule has 0 heterocycles. The van der Waals surface area contributed by atoms with Gasteiger partial charge in [0, 0.05) is 5.56 Å². The molecular weight excluding hydrogens is 408 g/mol. The van der Waals surface area contributed by atoms with E-state index in [9.17, 15) is 9.59 Å². The molecule has 0 radical (unpaired) electrons. The molecule has 2 amide bonds. The molecule has 0 saturated heterocycles.